The predicted octanol–water partition coefficient (Wildman–Crippen LogP) is -0.0652. The summed E-state index contributed by atoms with van der Waals surface area (Å²) in [7, 11) is 0. The number of hydrogen-bond donors (Lipinski definition) is 5. The molecule has 9 heteroatoms. The third kappa shape index (κ3) is 9.04. The van der Waals surface area contributed by atoms with Crippen molar-refractivity contribution in [1.29, 1.82) is 0 Å². The van der Waals surface area contributed by atoms with Gasteiger partial charge in [0.1, 0.15) is 12.1 Å². The molecule has 0 fully saturated rings. The first kappa shape index (κ1) is 22.8. The Bertz CT molecular complexity index is 492. The molecule has 0 bridgehead atoms. The molecule has 0 rings (SSSR count). The van der Waals surface area contributed by atoms with Gasteiger partial charge in [0.15, 0.2) is 0 Å². The van der Waals surface area contributed by atoms with E-state index in [-0.39, 0.29) is 24.7 Å². The third-order valence-electron chi connectivity index (χ3n) is 3.58. The van der Waals surface area contributed by atoms with Crippen LogP contribution in [0.5, 0.6) is 0 Å². The molecule has 2 amide bonds. The normalized spacial score (nSPS) is 14.7. The van der Waals surface area contributed by atoms with Crippen molar-refractivity contribution < 1.29 is 29.4 Å². The number of carbonyl (C=O) groups is 4. The number of carboxylic acids is 2. The standard InChI is InChI=1S/C16H29N3O6/c1-8(2)7-11(15(23)19-13(9(3)4)16(24)25)18-14(22)10(17)5-6-12(20)21/h8-11,13H,5-7,17H2,1-4H3,(H,18,22)(H,19,23)(H,20,21)(H,24,25)/t10-,11-,13-/m0/s1. The Balaban J connectivity index is 4.98. The van der Waals surface area contributed by atoms with Gasteiger partial charge in [-0.25, -0.2) is 4.79 Å². The minimum Gasteiger partial charge on any atom is -0.481 e. The first-order valence-electron chi connectivity index (χ1n) is 8.26. The van der Waals surface area contributed by atoms with E-state index in [0.717, 1.165) is 0 Å². The summed E-state index contributed by atoms with van der Waals surface area (Å²) in [6.07, 6.45) is -0.0152. The molecule has 144 valence electrons. The number of amides is 2. The van der Waals surface area contributed by atoms with Crippen LogP contribution >= 0.6 is 0 Å². The summed E-state index contributed by atoms with van der Waals surface area (Å²) in [5.74, 6) is -3.73. The molecule has 0 aliphatic rings. The van der Waals surface area contributed by atoms with Gasteiger partial charge in [0.05, 0.1) is 6.04 Å². The molecule has 0 aliphatic heterocycles. The number of nitrogens with one attached hydrogen (secondary N) is 2. The first-order chi connectivity index (χ1) is 11.5. The van der Waals surface area contributed by atoms with Gasteiger partial charge in [-0.3, -0.25) is 14.4 Å². The van der Waals surface area contributed by atoms with Crippen LogP contribution < -0.4 is 16.4 Å². The van der Waals surface area contributed by atoms with Crippen molar-refractivity contribution in [2.45, 2.75) is 65.1 Å². The molecule has 0 unspecified atom stereocenters. The van der Waals surface area contributed by atoms with Crippen molar-refractivity contribution in [3.05, 3.63) is 0 Å². The van der Waals surface area contributed by atoms with Gasteiger partial charge in [0.25, 0.3) is 0 Å². The largest absolute Gasteiger partial charge is 0.481 e. The van der Waals surface area contributed by atoms with Crippen molar-refractivity contribution in [3.63, 3.8) is 0 Å². The van der Waals surface area contributed by atoms with Gasteiger partial charge < -0.3 is 26.6 Å². The van der Waals surface area contributed by atoms with Crippen molar-refractivity contribution in [3.8, 4) is 0 Å². The van der Waals surface area contributed by atoms with Gasteiger partial charge in [-0.05, 0) is 24.7 Å². The van der Waals surface area contributed by atoms with Crippen molar-refractivity contribution in [1.82, 2.24) is 10.6 Å². The molecule has 0 radical (unpaired) electrons. The van der Waals surface area contributed by atoms with E-state index >= 15 is 0 Å². The fraction of sp³-hybridized carbons (Fsp3) is 0.750. The summed E-state index contributed by atoms with van der Waals surface area (Å²) in [6, 6.07) is -3.07. The van der Waals surface area contributed by atoms with Crippen LogP contribution in [0.3, 0.4) is 0 Å². The maximum absolute atomic E-state index is 12.4. The average Bonchev–Trinajstić information content (AvgIpc) is 2.47. The lowest BCUT2D eigenvalue weighted by atomic mass is 10.00. The monoisotopic (exact) mass is 359 g/mol. The second-order valence-electron chi connectivity index (χ2n) is 6.80. The maximum atomic E-state index is 12.4. The number of aliphatic carboxylic acids is 2. The highest BCUT2D eigenvalue weighted by Crippen LogP contribution is 2.08. The molecule has 0 spiro atoms. The Morgan fingerprint density at radius 3 is 1.92 bits per heavy atom. The van der Waals surface area contributed by atoms with Crippen LogP contribution in [0.15, 0.2) is 0 Å². The second kappa shape index (κ2) is 10.7. The smallest absolute Gasteiger partial charge is 0.326 e. The summed E-state index contributed by atoms with van der Waals surface area (Å²) in [4.78, 5) is 46.2. The van der Waals surface area contributed by atoms with Crippen LogP contribution in [-0.2, 0) is 19.2 Å². The lowest BCUT2D eigenvalue weighted by molar-refractivity contribution is -0.143. The molecule has 0 heterocycles. The molecular weight excluding hydrogens is 330 g/mol. The predicted molar refractivity (Wildman–Crippen MR) is 90.6 cm³/mol. The number of rotatable bonds is 11. The molecule has 6 N–H and O–H groups in total. The number of carbonyl (C=O) groups excluding carboxylic acids is 2. The zero-order valence-electron chi connectivity index (χ0n) is 15.1. The van der Waals surface area contributed by atoms with Crippen LogP contribution in [-0.4, -0.2) is 52.1 Å². The molecule has 0 saturated carbocycles. The lowest BCUT2D eigenvalue weighted by Crippen LogP contribution is -2.55. The van der Waals surface area contributed by atoms with E-state index in [1.807, 2.05) is 13.8 Å². The minimum absolute atomic E-state index is 0.0546. The SMILES string of the molecule is CC(C)C[C@H](NC(=O)[C@@H](N)CCC(=O)O)C(=O)N[C@H](C(=O)O)C(C)C. The number of hydrogen-bond acceptors (Lipinski definition) is 5. The third-order valence-corrected chi connectivity index (χ3v) is 3.58. The zero-order chi connectivity index (χ0) is 19.7. The summed E-state index contributed by atoms with van der Waals surface area (Å²) in [6.45, 7) is 7.04. The molecular formula is C16H29N3O6. The Hall–Kier alpha value is -2.16. The van der Waals surface area contributed by atoms with Crippen molar-refractivity contribution >= 4 is 23.8 Å². The van der Waals surface area contributed by atoms with E-state index in [0.29, 0.717) is 6.42 Å². The van der Waals surface area contributed by atoms with E-state index in [4.69, 9.17) is 10.8 Å². The second-order valence-corrected chi connectivity index (χ2v) is 6.80. The molecule has 0 saturated heterocycles. The first-order valence-corrected chi connectivity index (χ1v) is 8.26. The molecule has 0 aromatic heterocycles. The summed E-state index contributed by atoms with van der Waals surface area (Å²) in [5.41, 5.74) is 5.64. The summed E-state index contributed by atoms with van der Waals surface area (Å²) < 4.78 is 0. The molecule has 0 aromatic rings. The fourth-order valence-corrected chi connectivity index (χ4v) is 2.16. The quantitative estimate of drug-likeness (QED) is 0.345. The number of nitrogens with two attached hydrogens (primary N) is 1. The molecule has 0 aromatic carbocycles. The van der Waals surface area contributed by atoms with E-state index in [1.54, 1.807) is 13.8 Å². The minimum atomic E-state index is -1.16. The molecule has 25 heavy (non-hydrogen) atoms. The molecule has 0 aliphatic carbocycles. The highest BCUT2D eigenvalue weighted by molar-refractivity contribution is 5.91. The van der Waals surface area contributed by atoms with Crippen LogP contribution in [0.1, 0.15) is 47.0 Å². The topological polar surface area (TPSA) is 159 Å². The van der Waals surface area contributed by atoms with Crippen molar-refractivity contribution in [2.75, 3.05) is 0 Å². The van der Waals surface area contributed by atoms with Crippen LogP contribution in [0.25, 0.3) is 0 Å². The van der Waals surface area contributed by atoms with Gasteiger partial charge in [-0.1, -0.05) is 27.7 Å². The zero-order valence-corrected chi connectivity index (χ0v) is 15.1. The van der Waals surface area contributed by atoms with Gasteiger partial charge in [0, 0.05) is 6.42 Å². The van der Waals surface area contributed by atoms with E-state index in [2.05, 4.69) is 10.6 Å². The Morgan fingerprint density at radius 2 is 1.52 bits per heavy atom. The Morgan fingerprint density at radius 1 is 0.960 bits per heavy atom. The van der Waals surface area contributed by atoms with Gasteiger partial charge in [-0.15, -0.1) is 0 Å². The van der Waals surface area contributed by atoms with E-state index in [9.17, 15) is 24.3 Å². The summed E-state index contributed by atoms with van der Waals surface area (Å²) in [5, 5.41) is 22.7. The van der Waals surface area contributed by atoms with Crippen LogP contribution in [0, 0.1) is 11.8 Å². The fourth-order valence-electron chi connectivity index (χ4n) is 2.16. The highest BCUT2D eigenvalue weighted by Gasteiger charge is 2.29. The van der Waals surface area contributed by atoms with Crippen molar-refractivity contribution in [2.24, 2.45) is 17.6 Å². The van der Waals surface area contributed by atoms with Crippen LogP contribution in [0.2, 0.25) is 0 Å². The van der Waals surface area contributed by atoms with Gasteiger partial charge in [-0.2, -0.15) is 0 Å². The Kier molecular flexibility index (Phi) is 9.73. The van der Waals surface area contributed by atoms with Gasteiger partial charge >= 0.3 is 11.9 Å². The average molecular weight is 359 g/mol. The maximum Gasteiger partial charge on any atom is 0.326 e. The van der Waals surface area contributed by atoms with Gasteiger partial charge in [0.2, 0.25) is 11.8 Å². The summed E-state index contributed by atoms with van der Waals surface area (Å²) >= 11 is 0. The lowest BCUT2D eigenvalue weighted by Gasteiger charge is -2.25. The molecule has 9 nitrogen and oxygen atoms in total. The van der Waals surface area contributed by atoms with Crippen LogP contribution in [0.4, 0.5) is 0 Å². The number of carboxylic acid groups (broad SMARTS) is 2. The molecule has 3 atom stereocenters. The Labute approximate surface area is 147 Å². The van der Waals surface area contributed by atoms with E-state index in [1.165, 1.54) is 0 Å². The highest BCUT2D eigenvalue weighted by atomic mass is 16.4. The van der Waals surface area contributed by atoms with E-state index < -0.39 is 41.9 Å².